The van der Waals surface area contributed by atoms with Crippen LogP contribution < -0.4 is 5.32 Å². The molecule has 0 heterocycles. The Balaban J connectivity index is 2.82. The number of alkyl halides is 3. The van der Waals surface area contributed by atoms with Gasteiger partial charge < -0.3 is 10.4 Å². The summed E-state index contributed by atoms with van der Waals surface area (Å²) in [5.74, 6) is -2.40. The number of halogens is 3. The molecule has 1 aromatic rings. The van der Waals surface area contributed by atoms with E-state index in [0.717, 1.165) is 6.07 Å². The lowest BCUT2D eigenvalue weighted by Crippen LogP contribution is -2.41. The molecule has 0 saturated carbocycles. The van der Waals surface area contributed by atoms with Crippen LogP contribution in [0.25, 0.3) is 0 Å². The summed E-state index contributed by atoms with van der Waals surface area (Å²) in [7, 11) is 0. The van der Waals surface area contributed by atoms with E-state index in [1.165, 1.54) is 25.1 Å². The van der Waals surface area contributed by atoms with Gasteiger partial charge in [-0.2, -0.15) is 13.2 Å². The van der Waals surface area contributed by atoms with Crippen molar-refractivity contribution in [2.75, 3.05) is 0 Å². The molecule has 23 heavy (non-hydrogen) atoms. The molecule has 0 aromatic heterocycles. The van der Waals surface area contributed by atoms with Crippen molar-refractivity contribution in [2.45, 2.75) is 51.2 Å². The number of nitrogens with one attached hydrogen (secondary N) is 1. The molecule has 0 fully saturated rings. The first-order chi connectivity index (χ1) is 10.7. The maximum atomic E-state index is 13.0. The third kappa shape index (κ3) is 5.58. The molecule has 0 radical (unpaired) electrons. The van der Waals surface area contributed by atoms with Gasteiger partial charge in [0.05, 0.1) is 5.56 Å². The number of carboxylic acid groups (broad SMARTS) is 1. The van der Waals surface area contributed by atoms with Crippen molar-refractivity contribution in [3.63, 3.8) is 0 Å². The molecule has 0 aliphatic rings. The molecule has 0 saturated heterocycles. The molecule has 0 aliphatic carbocycles. The smallest absolute Gasteiger partial charge is 0.416 e. The number of benzene rings is 1. The minimum absolute atomic E-state index is 0.0255. The van der Waals surface area contributed by atoms with Crippen LogP contribution in [0.15, 0.2) is 24.3 Å². The van der Waals surface area contributed by atoms with Gasteiger partial charge in [0.15, 0.2) is 0 Å². The third-order valence-electron chi connectivity index (χ3n) is 3.50. The number of hydrogen-bond donors (Lipinski definition) is 2. The zero-order chi connectivity index (χ0) is 17.6. The van der Waals surface area contributed by atoms with Gasteiger partial charge in [-0.1, -0.05) is 38.5 Å². The minimum Gasteiger partial charge on any atom is -0.480 e. The molecule has 0 bridgehead atoms. The van der Waals surface area contributed by atoms with Crippen LogP contribution in [-0.2, 0) is 15.8 Å². The first kappa shape index (κ1) is 19.0. The van der Waals surface area contributed by atoms with Crippen LogP contribution in [0.4, 0.5) is 13.2 Å². The van der Waals surface area contributed by atoms with Crippen molar-refractivity contribution in [3.8, 4) is 0 Å². The van der Waals surface area contributed by atoms with Gasteiger partial charge in [0.1, 0.15) is 6.04 Å². The Hall–Kier alpha value is -2.05. The summed E-state index contributed by atoms with van der Waals surface area (Å²) < 4.78 is 39.0. The number of rotatable bonds is 7. The lowest BCUT2D eigenvalue weighted by atomic mass is 9.92. The monoisotopic (exact) mass is 331 g/mol. The highest BCUT2D eigenvalue weighted by atomic mass is 19.4. The van der Waals surface area contributed by atoms with Crippen LogP contribution in [-0.4, -0.2) is 23.0 Å². The molecule has 4 nitrogen and oxygen atoms in total. The lowest BCUT2D eigenvalue weighted by Gasteiger charge is -2.19. The van der Waals surface area contributed by atoms with Crippen LogP contribution in [0, 0.1) is 0 Å². The van der Waals surface area contributed by atoms with E-state index in [1.54, 1.807) is 6.92 Å². The molecule has 128 valence electrons. The summed E-state index contributed by atoms with van der Waals surface area (Å²) in [5.41, 5.74) is -0.749. The predicted molar refractivity (Wildman–Crippen MR) is 79.0 cm³/mol. The van der Waals surface area contributed by atoms with Crippen LogP contribution in [0.1, 0.15) is 50.2 Å². The molecular weight excluding hydrogens is 311 g/mol. The molecule has 0 spiro atoms. The average Bonchev–Trinajstić information content (AvgIpc) is 2.45. The quantitative estimate of drug-likeness (QED) is 0.803. The largest absolute Gasteiger partial charge is 0.480 e. The highest BCUT2D eigenvalue weighted by Crippen LogP contribution is 2.35. The highest BCUT2D eigenvalue weighted by molar-refractivity contribution is 5.83. The summed E-state index contributed by atoms with van der Waals surface area (Å²) in [6.07, 6.45) is -3.86. The van der Waals surface area contributed by atoms with Gasteiger partial charge in [-0.05, 0) is 24.0 Å². The molecule has 1 amide bonds. The van der Waals surface area contributed by atoms with E-state index in [9.17, 15) is 22.8 Å². The molecule has 0 aliphatic heterocycles. The summed E-state index contributed by atoms with van der Waals surface area (Å²) in [4.78, 5) is 22.9. The molecule has 7 heteroatoms. The number of aliphatic carboxylic acids is 1. The van der Waals surface area contributed by atoms with Crippen LogP contribution in [0.5, 0.6) is 0 Å². The van der Waals surface area contributed by atoms with Gasteiger partial charge in [0, 0.05) is 6.42 Å². The Morgan fingerprint density at radius 3 is 2.39 bits per heavy atom. The van der Waals surface area contributed by atoms with Crippen LogP contribution >= 0.6 is 0 Å². The maximum absolute atomic E-state index is 13.0. The molecule has 2 atom stereocenters. The van der Waals surface area contributed by atoms with Gasteiger partial charge in [-0.3, -0.25) is 4.79 Å². The topological polar surface area (TPSA) is 66.4 Å². The van der Waals surface area contributed by atoms with Gasteiger partial charge in [-0.15, -0.1) is 0 Å². The average molecular weight is 331 g/mol. The fourth-order valence-electron chi connectivity index (χ4n) is 2.37. The van der Waals surface area contributed by atoms with Crippen molar-refractivity contribution in [2.24, 2.45) is 0 Å². The number of carbonyl (C=O) groups excluding carboxylic acids is 1. The molecular formula is C16H20F3NO3. The van der Waals surface area contributed by atoms with Gasteiger partial charge >= 0.3 is 12.1 Å². The minimum atomic E-state index is -4.49. The normalized spacial score (nSPS) is 14.1. The van der Waals surface area contributed by atoms with Crippen molar-refractivity contribution in [1.29, 1.82) is 0 Å². The molecule has 1 aromatic carbocycles. The first-order valence-electron chi connectivity index (χ1n) is 7.35. The summed E-state index contributed by atoms with van der Waals surface area (Å²) in [6.45, 7) is 3.30. The van der Waals surface area contributed by atoms with Crippen molar-refractivity contribution in [3.05, 3.63) is 35.4 Å². The van der Waals surface area contributed by atoms with E-state index in [0.29, 0.717) is 6.42 Å². The second-order valence-electron chi connectivity index (χ2n) is 5.44. The standard InChI is InChI=1S/C16H20F3NO3/c1-3-6-13(15(22)23)20-14(21)9-10(2)11-7-4-5-8-12(11)16(17,18)19/h4-5,7-8,10,13H,3,6,9H2,1-2H3,(H,20,21)(H,22,23). The van der Waals surface area contributed by atoms with Crippen molar-refractivity contribution >= 4 is 11.9 Å². The maximum Gasteiger partial charge on any atom is 0.416 e. The Morgan fingerprint density at radius 2 is 1.87 bits per heavy atom. The van der Waals surface area contributed by atoms with Gasteiger partial charge in [0.25, 0.3) is 0 Å². The Labute approximate surface area is 132 Å². The summed E-state index contributed by atoms with van der Waals surface area (Å²) >= 11 is 0. The fourth-order valence-corrected chi connectivity index (χ4v) is 2.37. The van der Waals surface area contributed by atoms with E-state index in [2.05, 4.69) is 5.32 Å². The zero-order valence-corrected chi connectivity index (χ0v) is 13.0. The second-order valence-corrected chi connectivity index (χ2v) is 5.44. The van der Waals surface area contributed by atoms with Crippen molar-refractivity contribution in [1.82, 2.24) is 5.32 Å². The molecule has 1 rings (SSSR count). The summed E-state index contributed by atoms with van der Waals surface area (Å²) in [6, 6.07) is 4.07. The van der Waals surface area contributed by atoms with Crippen LogP contribution in [0.3, 0.4) is 0 Å². The van der Waals surface area contributed by atoms with Crippen molar-refractivity contribution < 1.29 is 27.9 Å². The Bertz CT molecular complexity index is 558. The Morgan fingerprint density at radius 1 is 1.26 bits per heavy atom. The van der Waals surface area contributed by atoms with E-state index < -0.39 is 35.6 Å². The third-order valence-corrected chi connectivity index (χ3v) is 3.50. The molecule has 2 N–H and O–H groups in total. The molecule has 2 unspecified atom stereocenters. The zero-order valence-electron chi connectivity index (χ0n) is 13.0. The number of amides is 1. The predicted octanol–water partition coefficient (Wildman–Crippen LogP) is 3.57. The van der Waals surface area contributed by atoms with Gasteiger partial charge in [-0.25, -0.2) is 4.79 Å². The first-order valence-corrected chi connectivity index (χ1v) is 7.35. The number of hydrogen-bond acceptors (Lipinski definition) is 2. The Kier molecular flexibility index (Phi) is 6.60. The SMILES string of the molecule is CCCC(NC(=O)CC(C)c1ccccc1C(F)(F)F)C(=O)O. The fraction of sp³-hybridized carbons (Fsp3) is 0.500. The van der Waals surface area contributed by atoms with Crippen LogP contribution in [0.2, 0.25) is 0 Å². The summed E-state index contributed by atoms with van der Waals surface area (Å²) in [5, 5.41) is 11.3. The van der Waals surface area contributed by atoms with Gasteiger partial charge in [0.2, 0.25) is 5.91 Å². The number of carboxylic acids is 1. The lowest BCUT2D eigenvalue weighted by molar-refractivity contribution is -0.142. The van der Waals surface area contributed by atoms with E-state index >= 15 is 0 Å². The second kappa shape index (κ2) is 7.99. The van der Waals surface area contributed by atoms with E-state index in [-0.39, 0.29) is 18.4 Å². The van der Waals surface area contributed by atoms with E-state index in [4.69, 9.17) is 5.11 Å². The van der Waals surface area contributed by atoms with E-state index in [1.807, 2.05) is 0 Å². The highest BCUT2D eigenvalue weighted by Gasteiger charge is 2.34. The number of carbonyl (C=O) groups is 2.